The molecular weight excluding hydrogens is 447 g/mol. The molecule has 0 saturated carbocycles. The third kappa shape index (κ3) is 3.12. The summed E-state index contributed by atoms with van der Waals surface area (Å²) in [6, 6.07) is 13.3. The highest BCUT2D eigenvalue weighted by atomic mass is 35.5. The summed E-state index contributed by atoms with van der Waals surface area (Å²) in [6.07, 6.45) is 0. The molecule has 4 aromatic rings. The Morgan fingerprint density at radius 2 is 1.69 bits per heavy atom. The van der Waals surface area contributed by atoms with Crippen LogP contribution in [0.3, 0.4) is 0 Å². The van der Waals surface area contributed by atoms with Crippen molar-refractivity contribution in [2.45, 2.75) is 26.8 Å². The highest BCUT2D eigenvalue weighted by Gasteiger charge is 2.44. The molecule has 0 radical (unpaired) electrons. The van der Waals surface area contributed by atoms with Gasteiger partial charge in [0.25, 0.3) is 5.91 Å². The molecule has 3 heterocycles. The van der Waals surface area contributed by atoms with Crippen LogP contribution in [0, 0.1) is 20.8 Å². The Morgan fingerprint density at radius 3 is 2.41 bits per heavy atom. The molecule has 1 aliphatic rings. The second-order valence-corrected chi connectivity index (χ2v) is 8.81. The quantitative estimate of drug-likeness (QED) is 0.355. The van der Waals surface area contributed by atoms with E-state index in [0.717, 1.165) is 16.8 Å². The number of aromatic nitrogens is 1. The fourth-order valence-electron chi connectivity index (χ4n) is 4.13. The molecule has 2 aromatic heterocycles. The first-order valence-corrected chi connectivity index (χ1v) is 10.8. The molecular formula is C25H18Cl2N2O3. The van der Waals surface area contributed by atoms with Gasteiger partial charge in [0.15, 0.2) is 5.43 Å². The summed E-state index contributed by atoms with van der Waals surface area (Å²) in [5.74, 6) is 0.0184. The molecule has 0 unspecified atom stereocenters. The number of anilines is 1. The number of pyridine rings is 1. The van der Waals surface area contributed by atoms with E-state index in [1.165, 1.54) is 4.90 Å². The molecule has 5 rings (SSSR count). The highest BCUT2D eigenvalue weighted by Crippen LogP contribution is 2.42. The average Bonchev–Trinajstić information content (AvgIpc) is 3.04. The van der Waals surface area contributed by atoms with E-state index in [9.17, 15) is 9.59 Å². The molecule has 0 N–H and O–H groups in total. The number of hydrogen-bond acceptors (Lipinski definition) is 4. The maximum Gasteiger partial charge on any atom is 0.296 e. The van der Waals surface area contributed by atoms with Crippen molar-refractivity contribution in [2.24, 2.45) is 0 Å². The number of benzene rings is 2. The molecule has 160 valence electrons. The zero-order valence-electron chi connectivity index (χ0n) is 17.6. The number of aryl methyl sites for hydroxylation is 3. The Kier molecular flexibility index (Phi) is 4.84. The summed E-state index contributed by atoms with van der Waals surface area (Å²) >= 11 is 12.4. The van der Waals surface area contributed by atoms with E-state index in [2.05, 4.69) is 4.98 Å². The van der Waals surface area contributed by atoms with Crippen LogP contribution in [0.15, 0.2) is 57.7 Å². The summed E-state index contributed by atoms with van der Waals surface area (Å²) in [5.41, 5.74) is 3.75. The molecule has 0 saturated heterocycles. The Labute approximate surface area is 194 Å². The molecule has 7 heteroatoms. The van der Waals surface area contributed by atoms with E-state index in [0.29, 0.717) is 32.4 Å². The number of nitrogens with zero attached hydrogens (tertiary/aromatic N) is 2. The number of carbonyl (C=O) groups excluding carboxylic acids is 1. The summed E-state index contributed by atoms with van der Waals surface area (Å²) < 4.78 is 6.04. The van der Waals surface area contributed by atoms with Crippen LogP contribution in [0.4, 0.5) is 5.82 Å². The zero-order valence-corrected chi connectivity index (χ0v) is 19.1. The van der Waals surface area contributed by atoms with Gasteiger partial charge in [-0.1, -0.05) is 35.3 Å². The summed E-state index contributed by atoms with van der Waals surface area (Å²) in [7, 11) is 0. The summed E-state index contributed by atoms with van der Waals surface area (Å²) in [6.45, 7) is 5.71. The van der Waals surface area contributed by atoms with E-state index < -0.39 is 11.9 Å². The van der Waals surface area contributed by atoms with Gasteiger partial charge >= 0.3 is 0 Å². The summed E-state index contributed by atoms with van der Waals surface area (Å²) in [5, 5.41) is 1.15. The van der Waals surface area contributed by atoms with Gasteiger partial charge in [-0.15, -0.1) is 0 Å². The standard InChI is InChI=1S/C25H18Cl2N2O3/c1-12-9-16-19(10-13(12)2)32-24-21(23(16)30)22(15-7-8-17(26)18(27)11-15)29(25(24)31)20-6-4-5-14(3)28-20/h4-11,22H,1-3H3/t22-/m0/s1. The molecule has 2 aromatic carbocycles. The maximum atomic E-state index is 13.7. The first kappa shape index (κ1) is 20.7. The molecule has 0 aliphatic carbocycles. The first-order valence-electron chi connectivity index (χ1n) is 10.1. The van der Waals surface area contributed by atoms with Gasteiger partial charge in [0, 0.05) is 5.69 Å². The van der Waals surface area contributed by atoms with Crippen LogP contribution in [0.1, 0.15) is 44.5 Å². The molecule has 5 nitrogen and oxygen atoms in total. The fraction of sp³-hybridized carbons (Fsp3) is 0.160. The Morgan fingerprint density at radius 1 is 0.938 bits per heavy atom. The number of rotatable bonds is 2. The first-order chi connectivity index (χ1) is 15.3. The monoisotopic (exact) mass is 464 g/mol. The maximum absolute atomic E-state index is 13.7. The minimum absolute atomic E-state index is 0.0186. The lowest BCUT2D eigenvalue weighted by molar-refractivity contribution is 0.0970. The number of hydrogen-bond donors (Lipinski definition) is 0. The van der Waals surface area contributed by atoms with Crippen molar-refractivity contribution in [3.8, 4) is 0 Å². The summed E-state index contributed by atoms with van der Waals surface area (Å²) in [4.78, 5) is 33.3. The van der Waals surface area contributed by atoms with Gasteiger partial charge in [0.1, 0.15) is 11.4 Å². The minimum Gasteiger partial charge on any atom is -0.450 e. The molecule has 0 fully saturated rings. The zero-order chi connectivity index (χ0) is 22.7. The van der Waals surface area contributed by atoms with Crippen LogP contribution in [0.5, 0.6) is 0 Å². The van der Waals surface area contributed by atoms with E-state index in [1.54, 1.807) is 36.4 Å². The lowest BCUT2D eigenvalue weighted by atomic mass is 9.97. The largest absolute Gasteiger partial charge is 0.450 e. The van der Waals surface area contributed by atoms with Crippen molar-refractivity contribution < 1.29 is 9.21 Å². The minimum atomic E-state index is -0.746. The van der Waals surface area contributed by atoms with E-state index in [4.69, 9.17) is 27.6 Å². The fourth-order valence-corrected chi connectivity index (χ4v) is 4.43. The number of carbonyl (C=O) groups is 1. The van der Waals surface area contributed by atoms with Gasteiger partial charge in [-0.05, 0) is 73.9 Å². The molecule has 32 heavy (non-hydrogen) atoms. The van der Waals surface area contributed by atoms with Crippen molar-refractivity contribution >= 4 is 45.9 Å². The van der Waals surface area contributed by atoms with Crippen molar-refractivity contribution in [3.63, 3.8) is 0 Å². The highest BCUT2D eigenvalue weighted by molar-refractivity contribution is 6.42. The van der Waals surface area contributed by atoms with Crippen LogP contribution in [-0.4, -0.2) is 10.9 Å². The van der Waals surface area contributed by atoms with E-state index in [1.807, 2.05) is 32.9 Å². The van der Waals surface area contributed by atoms with Crippen LogP contribution in [0.25, 0.3) is 11.0 Å². The van der Waals surface area contributed by atoms with Gasteiger partial charge in [0.2, 0.25) is 5.76 Å². The van der Waals surface area contributed by atoms with Crippen molar-refractivity contribution in [2.75, 3.05) is 4.90 Å². The average molecular weight is 465 g/mol. The Balaban J connectivity index is 1.84. The van der Waals surface area contributed by atoms with Crippen LogP contribution >= 0.6 is 23.2 Å². The van der Waals surface area contributed by atoms with Gasteiger partial charge in [0.05, 0.1) is 27.0 Å². The van der Waals surface area contributed by atoms with E-state index in [-0.39, 0.29) is 16.8 Å². The van der Waals surface area contributed by atoms with Gasteiger partial charge < -0.3 is 4.42 Å². The third-order valence-corrected chi connectivity index (χ3v) is 6.61. The van der Waals surface area contributed by atoms with Crippen molar-refractivity contribution in [1.29, 1.82) is 0 Å². The lowest BCUT2D eigenvalue weighted by Crippen LogP contribution is -2.30. The van der Waals surface area contributed by atoms with Gasteiger partial charge in [-0.3, -0.25) is 14.5 Å². The second kappa shape index (κ2) is 7.47. The number of amides is 1. The topological polar surface area (TPSA) is 63.4 Å². The van der Waals surface area contributed by atoms with Gasteiger partial charge in [-0.25, -0.2) is 4.98 Å². The van der Waals surface area contributed by atoms with Crippen LogP contribution < -0.4 is 10.3 Å². The molecule has 0 bridgehead atoms. The van der Waals surface area contributed by atoms with Crippen molar-refractivity contribution in [3.05, 3.63) is 103 Å². The molecule has 1 aliphatic heterocycles. The predicted molar refractivity (Wildman–Crippen MR) is 126 cm³/mol. The lowest BCUT2D eigenvalue weighted by Gasteiger charge is -2.24. The third-order valence-electron chi connectivity index (χ3n) is 5.87. The SMILES string of the molecule is Cc1cccc(N2C(=O)c3oc4cc(C)c(C)cc4c(=O)c3[C@@H]2c2ccc(Cl)c(Cl)c2)n1. The normalized spacial score (nSPS) is 15.5. The van der Waals surface area contributed by atoms with E-state index >= 15 is 0 Å². The Bertz CT molecular complexity index is 1490. The second-order valence-electron chi connectivity index (χ2n) is 8.00. The van der Waals surface area contributed by atoms with Crippen molar-refractivity contribution in [1.82, 2.24) is 4.98 Å². The van der Waals surface area contributed by atoms with Crippen LogP contribution in [0.2, 0.25) is 10.0 Å². The Hall–Kier alpha value is -3.15. The smallest absolute Gasteiger partial charge is 0.296 e. The predicted octanol–water partition coefficient (Wildman–Crippen LogP) is 6.17. The van der Waals surface area contributed by atoms with Crippen LogP contribution in [-0.2, 0) is 0 Å². The molecule has 1 atom stereocenters. The molecule has 1 amide bonds. The number of halogens is 2. The molecule has 0 spiro atoms. The van der Waals surface area contributed by atoms with Gasteiger partial charge in [-0.2, -0.15) is 0 Å². The number of fused-ring (bicyclic) bond motifs is 2.